The Morgan fingerprint density at radius 3 is 2.67 bits per heavy atom. The van der Waals surface area contributed by atoms with Gasteiger partial charge < -0.3 is 10.1 Å². The molecule has 0 aliphatic heterocycles. The fraction of sp³-hybridized carbons (Fsp3) is 0.600. The Hall–Kier alpha value is -1.11. The molecular weight excluding hydrogens is 288 g/mol. The van der Waals surface area contributed by atoms with Crippen molar-refractivity contribution in [3.8, 4) is 5.75 Å². The Balaban J connectivity index is 2.29. The summed E-state index contributed by atoms with van der Waals surface area (Å²) >= 11 is 0. The molecule has 0 bridgehead atoms. The zero-order chi connectivity index (χ0) is 15.7. The standard InChI is InChI=1S/C15H26N2O3S/c1-4-17(21(3,18)19)11-7-10-16-13-14-8-6-9-15(12-14)20-5-2/h6,8-9,12,16H,4-5,7,10-11,13H2,1-3H3. The zero-order valence-corrected chi connectivity index (χ0v) is 13.9. The van der Waals surface area contributed by atoms with E-state index in [2.05, 4.69) is 5.32 Å². The van der Waals surface area contributed by atoms with E-state index in [1.165, 1.54) is 10.6 Å². The van der Waals surface area contributed by atoms with Crippen molar-refractivity contribution in [2.45, 2.75) is 26.8 Å². The average Bonchev–Trinajstić information content (AvgIpc) is 2.42. The van der Waals surface area contributed by atoms with Gasteiger partial charge in [0.15, 0.2) is 0 Å². The molecule has 1 aromatic rings. The maximum atomic E-state index is 11.4. The van der Waals surface area contributed by atoms with E-state index in [1.54, 1.807) is 0 Å². The van der Waals surface area contributed by atoms with Crippen LogP contribution in [0, 0.1) is 0 Å². The lowest BCUT2D eigenvalue weighted by Crippen LogP contribution is -2.32. The van der Waals surface area contributed by atoms with Gasteiger partial charge in [0.05, 0.1) is 12.9 Å². The van der Waals surface area contributed by atoms with Crippen molar-refractivity contribution in [3.05, 3.63) is 29.8 Å². The van der Waals surface area contributed by atoms with E-state index in [0.717, 1.165) is 30.8 Å². The van der Waals surface area contributed by atoms with Crippen LogP contribution in [0.15, 0.2) is 24.3 Å². The third-order valence-electron chi connectivity index (χ3n) is 3.12. The summed E-state index contributed by atoms with van der Waals surface area (Å²) in [7, 11) is -3.08. The molecule has 0 heterocycles. The van der Waals surface area contributed by atoms with Crippen LogP contribution in [0.5, 0.6) is 5.75 Å². The molecule has 21 heavy (non-hydrogen) atoms. The minimum absolute atomic E-state index is 0.523. The maximum Gasteiger partial charge on any atom is 0.211 e. The number of sulfonamides is 1. The van der Waals surface area contributed by atoms with Gasteiger partial charge in [-0.3, -0.25) is 0 Å². The van der Waals surface area contributed by atoms with Crippen LogP contribution in [0.25, 0.3) is 0 Å². The molecule has 0 aliphatic rings. The molecular formula is C15H26N2O3S. The lowest BCUT2D eigenvalue weighted by atomic mass is 10.2. The van der Waals surface area contributed by atoms with E-state index in [4.69, 9.17) is 4.74 Å². The average molecular weight is 314 g/mol. The van der Waals surface area contributed by atoms with E-state index in [9.17, 15) is 8.42 Å². The molecule has 0 fully saturated rings. The Morgan fingerprint density at radius 1 is 1.29 bits per heavy atom. The first-order chi connectivity index (χ1) is 9.97. The smallest absolute Gasteiger partial charge is 0.211 e. The van der Waals surface area contributed by atoms with E-state index < -0.39 is 10.0 Å². The summed E-state index contributed by atoms with van der Waals surface area (Å²) in [6, 6.07) is 7.98. The van der Waals surface area contributed by atoms with Gasteiger partial charge in [-0.15, -0.1) is 0 Å². The third kappa shape index (κ3) is 6.93. The van der Waals surface area contributed by atoms with Crippen LogP contribution in [0.2, 0.25) is 0 Å². The van der Waals surface area contributed by atoms with Crippen molar-refractivity contribution >= 4 is 10.0 Å². The number of ether oxygens (including phenoxy) is 1. The lowest BCUT2D eigenvalue weighted by Gasteiger charge is -2.17. The van der Waals surface area contributed by atoms with Gasteiger partial charge in [0.25, 0.3) is 0 Å². The summed E-state index contributed by atoms with van der Waals surface area (Å²) < 4.78 is 29.8. The van der Waals surface area contributed by atoms with Gasteiger partial charge in [-0.2, -0.15) is 0 Å². The Kier molecular flexibility index (Phi) is 7.71. The summed E-state index contributed by atoms with van der Waals surface area (Å²) in [5, 5.41) is 3.32. The number of rotatable bonds is 10. The fourth-order valence-corrected chi connectivity index (χ4v) is 3.01. The number of nitrogens with zero attached hydrogens (tertiary/aromatic N) is 1. The molecule has 120 valence electrons. The molecule has 1 rings (SSSR count). The molecule has 5 nitrogen and oxygen atoms in total. The van der Waals surface area contributed by atoms with Gasteiger partial charge in [0.1, 0.15) is 5.75 Å². The molecule has 0 radical (unpaired) electrons. The second-order valence-corrected chi connectivity index (χ2v) is 6.85. The number of hydrogen-bond donors (Lipinski definition) is 1. The summed E-state index contributed by atoms with van der Waals surface area (Å²) in [5.41, 5.74) is 1.16. The molecule has 0 saturated heterocycles. The number of nitrogens with one attached hydrogen (secondary N) is 1. The molecule has 1 N–H and O–H groups in total. The first-order valence-electron chi connectivity index (χ1n) is 7.35. The molecule has 0 aromatic heterocycles. The second kappa shape index (κ2) is 9.02. The first-order valence-corrected chi connectivity index (χ1v) is 9.19. The minimum Gasteiger partial charge on any atom is -0.494 e. The van der Waals surface area contributed by atoms with Crippen LogP contribution in [-0.2, 0) is 16.6 Å². The number of hydrogen-bond acceptors (Lipinski definition) is 4. The Morgan fingerprint density at radius 2 is 2.05 bits per heavy atom. The fourth-order valence-electron chi connectivity index (χ4n) is 2.08. The van der Waals surface area contributed by atoms with E-state index in [-0.39, 0.29) is 0 Å². The first kappa shape index (κ1) is 17.9. The summed E-state index contributed by atoms with van der Waals surface area (Å²) in [6.45, 7) is 7.10. The normalized spacial score (nSPS) is 11.8. The van der Waals surface area contributed by atoms with Crippen LogP contribution >= 0.6 is 0 Å². The van der Waals surface area contributed by atoms with Gasteiger partial charge in [-0.25, -0.2) is 12.7 Å². The van der Waals surface area contributed by atoms with Crippen LogP contribution in [-0.4, -0.2) is 45.2 Å². The van der Waals surface area contributed by atoms with Gasteiger partial charge in [-0.05, 0) is 37.6 Å². The van der Waals surface area contributed by atoms with Crippen molar-refractivity contribution in [2.24, 2.45) is 0 Å². The molecule has 0 spiro atoms. The lowest BCUT2D eigenvalue weighted by molar-refractivity contribution is 0.340. The summed E-state index contributed by atoms with van der Waals surface area (Å²) in [6.07, 6.45) is 2.05. The Labute approximate surface area is 128 Å². The highest BCUT2D eigenvalue weighted by molar-refractivity contribution is 7.88. The predicted molar refractivity (Wildman–Crippen MR) is 86.0 cm³/mol. The zero-order valence-electron chi connectivity index (χ0n) is 13.1. The molecule has 0 amide bonds. The molecule has 0 atom stereocenters. The predicted octanol–water partition coefficient (Wildman–Crippen LogP) is 1.85. The van der Waals surface area contributed by atoms with Crippen molar-refractivity contribution in [2.75, 3.05) is 32.5 Å². The van der Waals surface area contributed by atoms with Crippen molar-refractivity contribution in [3.63, 3.8) is 0 Å². The molecule has 6 heteroatoms. The van der Waals surface area contributed by atoms with Crippen LogP contribution in [0.3, 0.4) is 0 Å². The van der Waals surface area contributed by atoms with Gasteiger partial charge in [0, 0.05) is 19.6 Å². The van der Waals surface area contributed by atoms with Crippen molar-refractivity contribution in [1.82, 2.24) is 9.62 Å². The van der Waals surface area contributed by atoms with E-state index >= 15 is 0 Å². The van der Waals surface area contributed by atoms with Crippen molar-refractivity contribution in [1.29, 1.82) is 0 Å². The van der Waals surface area contributed by atoms with Crippen molar-refractivity contribution < 1.29 is 13.2 Å². The van der Waals surface area contributed by atoms with Gasteiger partial charge >= 0.3 is 0 Å². The van der Waals surface area contributed by atoms with Crippen LogP contribution < -0.4 is 10.1 Å². The highest BCUT2D eigenvalue weighted by atomic mass is 32.2. The van der Waals surface area contributed by atoms with Gasteiger partial charge in [-0.1, -0.05) is 19.1 Å². The number of benzene rings is 1. The highest BCUT2D eigenvalue weighted by Gasteiger charge is 2.12. The SMILES string of the molecule is CCOc1cccc(CNCCCN(CC)S(C)(=O)=O)c1. The quantitative estimate of drug-likeness (QED) is 0.670. The topological polar surface area (TPSA) is 58.6 Å². The summed E-state index contributed by atoms with van der Waals surface area (Å²) in [5.74, 6) is 0.881. The summed E-state index contributed by atoms with van der Waals surface area (Å²) in [4.78, 5) is 0. The third-order valence-corrected chi connectivity index (χ3v) is 4.50. The van der Waals surface area contributed by atoms with Crippen LogP contribution in [0.1, 0.15) is 25.8 Å². The van der Waals surface area contributed by atoms with E-state index in [1.807, 2.05) is 38.1 Å². The molecule has 1 aromatic carbocycles. The molecule has 0 saturated carbocycles. The highest BCUT2D eigenvalue weighted by Crippen LogP contribution is 2.12. The van der Waals surface area contributed by atoms with E-state index in [0.29, 0.717) is 19.7 Å². The van der Waals surface area contributed by atoms with Gasteiger partial charge in [0.2, 0.25) is 10.0 Å². The largest absolute Gasteiger partial charge is 0.494 e. The monoisotopic (exact) mass is 314 g/mol. The Bertz CT molecular complexity index is 517. The molecule has 0 unspecified atom stereocenters. The van der Waals surface area contributed by atoms with Crippen LogP contribution in [0.4, 0.5) is 0 Å². The molecule has 0 aliphatic carbocycles. The second-order valence-electron chi connectivity index (χ2n) is 4.87. The minimum atomic E-state index is -3.08. The maximum absolute atomic E-state index is 11.4.